The molecule has 0 aliphatic heterocycles. The van der Waals surface area contributed by atoms with Gasteiger partial charge in [-0.3, -0.25) is 9.59 Å². The summed E-state index contributed by atoms with van der Waals surface area (Å²) in [5.41, 5.74) is 4.99. The molecule has 2 N–H and O–H groups in total. The fourth-order valence-electron chi connectivity index (χ4n) is 2.94. The zero-order valence-electron chi connectivity index (χ0n) is 18.3. The maximum absolute atomic E-state index is 11.1. The molecule has 27 heavy (non-hydrogen) atoms. The summed E-state index contributed by atoms with van der Waals surface area (Å²) >= 11 is 0. The molecule has 1 amide bonds. The van der Waals surface area contributed by atoms with Crippen molar-refractivity contribution in [1.29, 1.82) is 0 Å². The smallest absolute Gasteiger partial charge is 0.219 e. The molecule has 0 heterocycles. The molecule has 5 heteroatoms. The molecular weight excluding hydrogens is 342 g/mol. The second-order valence-electron chi connectivity index (χ2n) is 8.26. The van der Waals surface area contributed by atoms with Crippen molar-refractivity contribution in [3.8, 4) is 0 Å². The van der Waals surface area contributed by atoms with Crippen LogP contribution in [0, 0.1) is 17.8 Å². The van der Waals surface area contributed by atoms with E-state index in [-0.39, 0.29) is 11.8 Å². The summed E-state index contributed by atoms with van der Waals surface area (Å²) in [5.74, 6) is 1.62. The summed E-state index contributed by atoms with van der Waals surface area (Å²) in [4.78, 5) is 21.5. The molecule has 160 valence electrons. The lowest BCUT2D eigenvalue weighted by Crippen LogP contribution is -2.25. The maximum Gasteiger partial charge on any atom is 0.219 e. The second-order valence-corrected chi connectivity index (χ2v) is 8.26. The Morgan fingerprint density at radius 1 is 0.963 bits per heavy atom. The third-order valence-corrected chi connectivity index (χ3v) is 5.12. The van der Waals surface area contributed by atoms with Crippen LogP contribution in [0.25, 0.3) is 0 Å². The topological polar surface area (TPSA) is 78.6 Å². The predicted octanol–water partition coefficient (Wildman–Crippen LogP) is 4.51. The normalized spacial score (nSPS) is 17.4. The first-order chi connectivity index (χ1) is 12.8. The minimum atomic E-state index is -0.274. The molecule has 2 aliphatic rings. The minimum absolute atomic E-state index is 0.260. The molecule has 0 aromatic carbocycles. The van der Waals surface area contributed by atoms with E-state index in [1.807, 2.05) is 27.7 Å². The Bertz CT molecular complexity index is 386. The van der Waals surface area contributed by atoms with Crippen LogP contribution in [0.15, 0.2) is 0 Å². The Labute approximate surface area is 166 Å². The summed E-state index contributed by atoms with van der Waals surface area (Å²) in [6, 6.07) is 0. The van der Waals surface area contributed by atoms with Gasteiger partial charge in [0.15, 0.2) is 0 Å². The number of amides is 1. The highest BCUT2D eigenvalue weighted by Crippen LogP contribution is 2.29. The lowest BCUT2D eigenvalue weighted by atomic mass is 9.79. The van der Waals surface area contributed by atoms with Gasteiger partial charge in [-0.2, -0.15) is 0 Å². The van der Waals surface area contributed by atoms with Crippen LogP contribution in [-0.2, 0) is 19.1 Å². The van der Waals surface area contributed by atoms with Gasteiger partial charge in [-0.05, 0) is 45.4 Å². The quantitative estimate of drug-likeness (QED) is 0.623. The number of carbonyl (C=O) groups excluding carboxylic acids is 2. The van der Waals surface area contributed by atoms with Crippen molar-refractivity contribution in [2.75, 3.05) is 20.3 Å². The highest BCUT2D eigenvalue weighted by Gasteiger charge is 2.26. The molecule has 0 unspecified atom stereocenters. The van der Waals surface area contributed by atoms with Crippen molar-refractivity contribution in [3.63, 3.8) is 0 Å². The van der Waals surface area contributed by atoms with Gasteiger partial charge in [-0.1, -0.05) is 39.5 Å². The van der Waals surface area contributed by atoms with Gasteiger partial charge in [0, 0.05) is 32.0 Å². The number of hydrogen-bond donors (Lipinski definition) is 1. The fourth-order valence-corrected chi connectivity index (χ4v) is 2.94. The number of hydrogen-bond acceptors (Lipinski definition) is 4. The molecule has 0 aromatic heterocycles. The first-order valence-electron chi connectivity index (χ1n) is 10.7. The van der Waals surface area contributed by atoms with Crippen molar-refractivity contribution in [1.82, 2.24) is 0 Å². The van der Waals surface area contributed by atoms with E-state index in [2.05, 4.69) is 0 Å². The van der Waals surface area contributed by atoms with Crippen molar-refractivity contribution < 1.29 is 19.1 Å². The number of ketones is 1. The molecule has 2 fully saturated rings. The Hall–Kier alpha value is -0.940. The van der Waals surface area contributed by atoms with Gasteiger partial charge >= 0.3 is 0 Å². The maximum atomic E-state index is 11.1. The van der Waals surface area contributed by atoms with E-state index >= 15 is 0 Å². The van der Waals surface area contributed by atoms with Gasteiger partial charge in [-0.25, -0.2) is 0 Å². The van der Waals surface area contributed by atoms with Gasteiger partial charge in [0.1, 0.15) is 5.78 Å². The zero-order chi connectivity index (χ0) is 20.7. The molecule has 2 saturated carbocycles. The highest BCUT2D eigenvalue weighted by molar-refractivity contribution is 5.83. The number of ether oxygens (including phenoxy) is 2. The molecule has 2 aliphatic carbocycles. The monoisotopic (exact) mass is 385 g/mol. The first-order valence-corrected chi connectivity index (χ1v) is 10.7. The average molecular weight is 386 g/mol. The lowest BCUT2D eigenvalue weighted by molar-refractivity contribution is -0.128. The average Bonchev–Trinajstić information content (AvgIpc) is 2.59. The Kier molecular flexibility index (Phi) is 15.5. The lowest BCUT2D eigenvalue weighted by Gasteiger charge is -2.25. The molecule has 0 aromatic rings. The van der Waals surface area contributed by atoms with Crippen LogP contribution in [0.4, 0.5) is 0 Å². The van der Waals surface area contributed by atoms with Crippen molar-refractivity contribution in [2.24, 2.45) is 23.5 Å². The molecule has 0 bridgehead atoms. The highest BCUT2D eigenvalue weighted by atomic mass is 16.5. The zero-order valence-corrected chi connectivity index (χ0v) is 18.3. The van der Waals surface area contributed by atoms with Crippen LogP contribution >= 0.6 is 0 Å². The third kappa shape index (κ3) is 14.7. The van der Waals surface area contributed by atoms with Crippen LogP contribution in [0.1, 0.15) is 85.5 Å². The van der Waals surface area contributed by atoms with Crippen molar-refractivity contribution in [3.05, 3.63) is 0 Å². The summed E-state index contributed by atoms with van der Waals surface area (Å²) in [6.45, 7) is 9.28. The number of nitrogens with two attached hydrogens (primary N) is 1. The van der Waals surface area contributed by atoms with Crippen LogP contribution in [0.5, 0.6) is 0 Å². The largest absolute Gasteiger partial charge is 0.382 e. The first kappa shape index (κ1) is 26.1. The Morgan fingerprint density at radius 2 is 1.52 bits per heavy atom. The van der Waals surface area contributed by atoms with Crippen molar-refractivity contribution in [2.45, 2.75) is 91.6 Å². The summed E-state index contributed by atoms with van der Waals surface area (Å²) < 4.78 is 10.1. The molecule has 2 rings (SSSR count). The van der Waals surface area contributed by atoms with Crippen LogP contribution in [0.3, 0.4) is 0 Å². The van der Waals surface area contributed by atoms with Crippen LogP contribution < -0.4 is 5.73 Å². The number of carbonyl (C=O) groups is 2. The van der Waals surface area contributed by atoms with Crippen LogP contribution in [-0.4, -0.2) is 38.1 Å². The van der Waals surface area contributed by atoms with Crippen molar-refractivity contribution >= 4 is 11.7 Å². The SMILES string of the molecule is CC(C)C(=O)C1CCC1.COC(C)C.NC(=O)CCOCC1CCCCC1. The van der Waals surface area contributed by atoms with Gasteiger partial charge in [0.2, 0.25) is 5.91 Å². The van der Waals surface area contributed by atoms with E-state index in [0.29, 0.717) is 30.8 Å². The summed E-state index contributed by atoms with van der Waals surface area (Å²) in [5, 5.41) is 0. The molecule has 5 nitrogen and oxygen atoms in total. The minimum Gasteiger partial charge on any atom is -0.382 e. The van der Waals surface area contributed by atoms with E-state index in [9.17, 15) is 9.59 Å². The van der Waals surface area contributed by atoms with Gasteiger partial charge in [0.05, 0.1) is 12.7 Å². The fraction of sp³-hybridized carbons (Fsp3) is 0.909. The number of Topliss-reactive ketones (excluding diaryl/α,β-unsaturated/α-hetero) is 1. The molecule has 0 saturated heterocycles. The second kappa shape index (κ2) is 16.1. The van der Waals surface area contributed by atoms with E-state index in [0.717, 1.165) is 25.4 Å². The predicted molar refractivity (Wildman–Crippen MR) is 111 cm³/mol. The number of primary amides is 1. The van der Waals surface area contributed by atoms with Gasteiger partial charge in [-0.15, -0.1) is 0 Å². The van der Waals surface area contributed by atoms with Gasteiger partial charge in [0.25, 0.3) is 0 Å². The van der Waals surface area contributed by atoms with E-state index in [4.69, 9.17) is 15.2 Å². The number of rotatable bonds is 8. The van der Waals surface area contributed by atoms with Crippen LogP contribution in [0.2, 0.25) is 0 Å². The standard InChI is InChI=1S/C10H19NO2.C8H14O.C4H10O/c11-10(12)6-7-13-8-9-4-2-1-3-5-9;1-6(2)8(9)7-4-3-5-7;1-4(2)5-3/h9H,1-8H2,(H2,11,12);6-7H,3-5H2,1-2H3;4H,1-3H3. The summed E-state index contributed by atoms with van der Waals surface area (Å²) in [7, 11) is 1.70. The Balaban J connectivity index is 0.000000419. The van der Waals surface area contributed by atoms with Gasteiger partial charge < -0.3 is 15.2 Å². The number of methoxy groups -OCH3 is 1. The molecule has 0 radical (unpaired) electrons. The van der Waals surface area contributed by atoms with E-state index in [1.54, 1.807) is 7.11 Å². The van der Waals surface area contributed by atoms with E-state index in [1.165, 1.54) is 38.5 Å². The Morgan fingerprint density at radius 3 is 1.85 bits per heavy atom. The van der Waals surface area contributed by atoms with E-state index < -0.39 is 0 Å². The summed E-state index contributed by atoms with van der Waals surface area (Å²) in [6.07, 6.45) is 10.9. The molecule has 0 atom stereocenters. The third-order valence-electron chi connectivity index (χ3n) is 5.12. The molecule has 0 spiro atoms. The molecular formula is C22H43NO4.